The summed E-state index contributed by atoms with van der Waals surface area (Å²) >= 11 is 0. The number of aryl methyl sites for hydroxylation is 1. The average molecular weight is 341 g/mol. The van der Waals surface area contributed by atoms with Crippen molar-refractivity contribution in [3.05, 3.63) is 36.0 Å². The predicted molar refractivity (Wildman–Crippen MR) is 98.4 cm³/mol. The summed E-state index contributed by atoms with van der Waals surface area (Å²) in [5, 5.41) is 6.07. The summed E-state index contributed by atoms with van der Waals surface area (Å²) in [5.74, 6) is 1.30. The normalized spacial score (nSPS) is 16.5. The Morgan fingerprint density at radius 2 is 1.92 bits per heavy atom. The van der Waals surface area contributed by atoms with E-state index < -0.39 is 0 Å². The van der Waals surface area contributed by atoms with Gasteiger partial charge in [-0.3, -0.25) is 4.79 Å². The maximum Gasteiger partial charge on any atom is 0.253 e. The van der Waals surface area contributed by atoms with Crippen molar-refractivity contribution in [1.29, 1.82) is 0 Å². The van der Waals surface area contributed by atoms with Gasteiger partial charge in [0.25, 0.3) is 5.91 Å². The summed E-state index contributed by atoms with van der Waals surface area (Å²) in [7, 11) is 3.88. The molecule has 0 saturated carbocycles. The lowest BCUT2D eigenvalue weighted by Crippen LogP contribution is -2.26. The SMILES string of the molecule is Cc1cc(N(C)C)nc(Nc2ccc(NC(=O)C3CCCO3)cc2)n1. The highest BCUT2D eigenvalue weighted by atomic mass is 16.5. The Kier molecular flexibility index (Phi) is 5.14. The van der Waals surface area contributed by atoms with Gasteiger partial charge in [-0.15, -0.1) is 0 Å². The number of anilines is 4. The zero-order valence-electron chi connectivity index (χ0n) is 14.7. The van der Waals surface area contributed by atoms with Crippen molar-refractivity contribution in [1.82, 2.24) is 9.97 Å². The number of aromatic nitrogens is 2. The third-order valence-electron chi connectivity index (χ3n) is 3.93. The van der Waals surface area contributed by atoms with E-state index in [4.69, 9.17) is 4.74 Å². The van der Waals surface area contributed by atoms with E-state index in [1.54, 1.807) is 0 Å². The van der Waals surface area contributed by atoms with Crippen molar-refractivity contribution in [2.24, 2.45) is 0 Å². The molecule has 132 valence electrons. The molecule has 1 unspecified atom stereocenters. The minimum absolute atomic E-state index is 0.0872. The zero-order chi connectivity index (χ0) is 17.8. The molecule has 0 bridgehead atoms. The third-order valence-corrected chi connectivity index (χ3v) is 3.93. The number of nitrogens with zero attached hydrogens (tertiary/aromatic N) is 3. The molecule has 1 aliphatic heterocycles. The molecule has 2 heterocycles. The zero-order valence-corrected chi connectivity index (χ0v) is 14.7. The number of nitrogens with one attached hydrogen (secondary N) is 2. The van der Waals surface area contributed by atoms with E-state index in [1.807, 2.05) is 56.3 Å². The Balaban J connectivity index is 1.65. The molecule has 7 nitrogen and oxygen atoms in total. The van der Waals surface area contributed by atoms with Gasteiger partial charge < -0.3 is 20.3 Å². The largest absolute Gasteiger partial charge is 0.368 e. The van der Waals surface area contributed by atoms with Gasteiger partial charge >= 0.3 is 0 Å². The minimum atomic E-state index is -0.331. The van der Waals surface area contributed by atoms with Gasteiger partial charge in [0.1, 0.15) is 11.9 Å². The molecule has 1 aromatic carbocycles. The highest BCUT2D eigenvalue weighted by Gasteiger charge is 2.23. The van der Waals surface area contributed by atoms with E-state index in [0.717, 1.165) is 35.7 Å². The lowest BCUT2D eigenvalue weighted by molar-refractivity contribution is -0.124. The smallest absolute Gasteiger partial charge is 0.253 e. The maximum atomic E-state index is 12.1. The fraction of sp³-hybridized carbons (Fsp3) is 0.389. The summed E-state index contributed by atoms with van der Waals surface area (Å²) in [5.41, 5.74) is 2.48. The van der Waals surface area contributed by atoms with Crippen molar-refractivity contribution in [3.8, 4) is 0 Å². The minimum Gasteiger partial charge on any atom is -0.368 e. The van der Waals surface area contributed by atoms with Crippen molar-refractivity contribution in [2.45, 2.75) is 25.9 Å². The third kappa shape index (κ3) is 4.45. The van der Waals surface area contributed by atoms with E-state index in [1.165, 1.54) is 0 Å². The van der Waals surface area contributed by atoms with Gasteiger partial charge in [0.2, 0.25) is 5.95 Å². The van der Waals surface area contributed by atoms with E-state index in [2.05, 4.69) is 20.6 Å². The van der Waals surface area contributed by atoms with Crippen LogP contribution in [0.4, 0.5) is 23.1 Å². The Morgan fingerprint density at radius 1 is 1.20 bits per heavy atom. The highest BCUT2D eigenvalue weighted by molar-refractivity contribution is 5.94. The lowest BCUT2D eigenvalue weighted by Gasteiger charge is -2.14. The number of ether oxygens (including phenoxy) is 1. The number of rotatable bonds is 5. The van der Waals surface area contributed by atoms with Crippen LogP contribution >= 0.6 is 0 Å². The molecule has 2 N–H and O–H groups in total. The first-order valence-electron chi connectivity index (χ1n) is 8.34. The first-order valence-corrected chi connectivity index (χ1v) is 8.34. The second kappa shape index (κ2) is 7.48. The van der Waals surface area contributed by atoms with Crippen LogP contribution in [-0.4, -0.2) is 42.7 Å². The fourth-order valence-electron chi connectivity index (χ4n) is 2.61. The van der Waals surface area contributed by atoms with Crippen LogP contribution in [0, 0.1) is 6.92 Å². The lowest BCUT2D eigenvalue weighted by atomic mass is 10.2. The van der Waals surface area contributed by atoms with Crippen molar-refractivity contribution < 1.29 is 9.53 Å². The average Bonchev–Trinajstić information content (AvgIpc) is 3.11. The molecule has 1 fully saturated rings. The van der Waals surface area contributed by atoms with E-state index in [-0.39, 0.29) is 12.0 Å². The monoisotopic (exact) mass is 341 g/mol. The van der Waals surface area contributed by atoms with E-state index >= 15 is 0 Å². The Bertz CT molecular complexity index is 740. The van der Waals surface area contributed by atoms with Gasteiger partial charge in [-0.25, -0.2) is 4.98 Å². The van der Waals surface area contributed by atoms with Crippen molar-refractivity contribution in [3.63, 3.8) is 0 Å². The van der Waals surface area contributed by atoms with Crippen molar-refractivity contribution >= 4 is 29.0 Å². The van der Waals surface area contributed by atoms with E-state index in [9.17, 15) is 4.79 Å². The molecule has 0 radical (unpaired) electrons. The molecule has 0 spiro atoms. The first kappa shape index (κ1) is 17.2. The molecule has 1 amide bonds. The number of carbonyl (C=O) groups is 1. The molecular formula is C18H23N5O2. The molecule has 7 heteroatoms. The summed E-state index contributed by atoms with van der Waals surface area (Å²) in [6, 6.07) is 9.38. The molecule has 1 saturated heterocycles. The van der Waals surface area contributed by atoms with Gasteiger partial charge in [-0.1, -0.05) is 0 Å². The van der Waals surface area contributed by atoms with Gasteiger partial charge in [-0.05, 0) is 44.0 Å². The van der Waals surface area contributed by atoms with Crippen LogP contribution in [0.3, 0.4) is 0 Å². The molecule has 1 atom stereocenters. The topological polar surface area (TPSA) is 79.4 Å². The van der Waals surface area contributed by atoms with Crippen LogP contribution in [0.2, 0.25) is 0 Å². The van der Waals surface area contributed by atoms with Gasteiger partial charge in [0, 0.05) is 43.8 Å². The highest BCUT2D eigenvalue weighted by Crippen LogP contribution is 2.20. The fourth-order valence-corrected chi connectivity index (χ4v) is 2.61. The molecule has 25 heavy (non-hydrogen) atoms. The summed E-state index contributed by atoms with van der Waals surface area (Å²) in [6.07, 6.45) is 1.39. The summed E-state index contributed by atoms with van der Waals surface area (Å²) in [6.45, 7) is 2.59. The molecule has 1 aromatic heterocycles. The second-order valence-electron chi connectivity index (χ2n) is 6.28. The first-order chi connectivity index (χ1) is 12.0. The van der Waals surface area contributed by atoms with Gasteiger partial charge in [0.05, 0.1) is 0 Å². The van der Waals surface area contributed by atoms with Crippen LogP contribution < -0.4 is 15.5 Å². The van der Waals surface area contributed by atoms with Crippen LogP contribution in [-0.2, 0) is 9.53 Å². The van der Waals surface area contributed by atoms with Crippen LogP contribution in [0.15, 0.2) is 30.3 Å². The molecule has 0 aliphatic carbocycles. The Labute approximate surface area is 147 Å². The molecule has 1 aliphatic rings. The maximum absolute atomic E-state index is 12.1. The van der Waals surface area contributed by atoms with Crippen LogP contribution in [0.25, 0.3) is 0 Å². The Hall–Kier alpha value is -2.67. The standard InChI is InChI=1S/C18H23N5O2/c1-12-11-16(23(2)3)22-18(19-12)21-14-8-6-13(7-9-14)20-17(24)15-5-4-10-25-15/h6-9,11,15H,4-5,10H2,1-3H3,(H,20,24)(H,19,21,22). The van der Waals surface area contributed by atoms with Crippen molar-refractivity contribution in [2.75, 3.05) is 36.2 Å². The van der Waals surface area contributed by atoms with Crippen LogP contribution in [0.1, 0.15) is 18.5 Å². The molecule has 3 rings (SSSR count). The summed E-state index contributed by atoms with van der Waals surface area (Å²) in [4.78, 5) is 22.9. The number of amides is 1. The predicted octanol–water partition coefficient (Wildman–Crippen LogP) is 2.71. The number of carbonyl (C=O) groups excluding carboxylic acids is 1. The number of hydrogen-bond acceptors (Lipinski definition) is 6. The quantitative estimate of drug-likeness (QED) is 0.870. The summed E-state index contributed by atoms with van der Waals surface area (Å²) < 4.78 is 5.39. The molecular weight excluding hydrogens is 318 g/mol. The number of hydrogen-bond donors (Lipinski definition) is 2. The number of benzene rings is 1. The van der Waals surface area contributed by atoms with Gasteiger partial charge in [-0.2, -0.15) is 4.98 Å². The second-order valence-corrected chi connectivity index (χ2v) is 6.28. The van der Waals surface area contributed by atoms with Crippen LogP contribution in [0.5, 0.6) is 0 Å². The van der Waals surface area contributed by atoms with Gasteiger partial charge in [0.15, 0.2) is 0 Å². The molecule has 2 aromatic rings. The van der Waals surface area contributed by atoms with E-state index in [0.29, 0.717) is 12.6 Å². The Morgan fingerprint density at radius 3 is 2.56 bits per heavy atom.